The van der Waals surface area contributed by atoms with E-state index in [0.29, 0.717) is 5.41 Å². The molecule has 2 aliphatic rings. The van der Waals surface area contributed by atoms with Crippen LogP contribution in [0, 0.1) is 5.41 Å². The van der Waals surface area contributed by atoms with Gasteiger partial charge < -0.3 is 19.9 Å². The van der Waals surface area contributed by atoms with Crippen molar-refractivity contribution in [1.82, 2.24) is 15.1 Å². The van der Waals surface area contributed by atoms with E-state index in [1.807, 2.05) is 7.05 Å². The van der Waals surface area contributed by atoms with Gasteiger partial charge in [0.25, 0.3) is 0 Å². The number of likely N-dealkylation sites (tertiary alicyclic amines) is 1. The number of guanidine groups is 1. The van der Waals surface area contributed by atoms with Gasteiger partial charge in [-0.15, -0.1) is 0 Å². The maximum absolute atomic E-state index is 5.58. The molecule has 2 saturated heterocycles. The lowest BCUT2D eigenvalue weighted by molar-refractivity contribution is 0.156. The van der Waals surface area contributed by atoms with E-state index in [4.69, 9.17) is 4.74 Å². The molecule has 0 saturated carbocycles. The Labute approximate surface area is 117 Å². The summed E-state index contributed by atoms with van der Waals surface area (Å²) in [6, 6.07) is 0. The fourth-order valence-corrected chi connectivity index (χ4v) is 2.94. The van der Waals surface area contributed by atoms with Gasteiger partial charge in [0.1, 0.15) is 0 Å². The minimum atomic E-state index is 0.401. The quantitative estimate of drug-likeness (QED) is 0.599. The molecule has 1 N–H and O–H groups in total. The van der Waals surface area contributed by atoms with Crippen LogP contribution in [0.1, 0.15) is 19.8 Å². The van der Waals surface area contributed by atoms with Crippen LogP contribution in [0.15, 0.2) is 4.99 Å². The maximum Gasteiger partial charge on any atom is 0.193 e. The first kappa shape index (κ1) is 14.6. The van der Waals surface area contributed by atoms with Crippen LogP contribution in [0.5, 0.6) is 0 Å². The number of aliphatic imine (C=N–C) groups is 1. The van der Waals surface area contributed by atoms with E-state index < -0.39 is 0 Å². The zero-order valence-electron chi connectivity index (χ0n) is 12.6. The van der Waals surface area contributed by atoms with Gasteiger partial charge in [-0.2, -0.15) is 0 Å². The SMILES string of the molecule is CCN(C)CCNC(=NC)N1CCC2(CCOC2)C1. The van der Waals surface area contributed by atoms with Crippen molar-refractivity contribution < 1.29 is 4.74 Å². The highest BCUT2D eigenvalue weighted by atomic mass is 16.5. The summed E-state index contributed by atoms with van der Waals surface area (Å²) in [7, 11) is 4.02. The van der Waals surface area contributed by atoms with Crippen molar-refractivity contribution in [2.75, 3.05) is 60.0 Å². The number of rotatable bonds is 4. The molecule has 0 radical (unpaired) electrons. The monoisotopic (exact) mass is 268 g/mol. The summed E-state index contributed by atoms with van der Waals surface area (Å²) >= 11 is 0. The summed E-state index contributed by atoms with van der Waals surface area (Å²) in [4.78, 5) is 9.11. The van der Waals surface area contributed by atoms with Crippen molar-refractivity contribution >= 4 is 5.96 Å². The van der Waals surface area contributed by atoms with Gasteiger partial charge in [-0.05, 0) is 26.4 Å². The molecule has 2 fully saturated rings. The molecule has 2 rings (SSSR count). The lowest BCUT2D eigenvalue weighted by Crippen LogP contribution is -2.43. The van der Waals surface area contributed by atoms with Crippen molar-refractivity contribution in [3.05, 3.63) is 0 Å². The van der Waals surface area contributed by atoms with Crippen LogP contribution in [-0.4, -0.2) is 75.8 Å². The summed E-state index contributed by atoms with van der Waals surface area (Å²) in [6.45, 7) is 9.33. The van der Waals surface area contributed by atoms with Crippen LogP contribution >= 0.6 is 0 Å². The molecular weight excluding hydrogens is 240 g/mol. The Kier molecular flexibility index (Phi) is 5.05. The molecule has 0 amide bonds. The largest absolute Gasteiger partial charge is 0.381 e. The lowest BCUT2D eigenvalue weighted by Gasteiger charge is -2.25. The molecule has 0 bridgehead atoms. The molecular formula is C14H28N4O. The molecule has 1 unspecified atom stereocenters. The Bertz CT molecular complexity index is 313. The Morgan fingerprint density at radius 2 is 2.32 bits per heavy atom. The highest BCUT2D eigenvalue weighted by molar-refractivity contribution is 5.80. The van der Waals surface area contributed by atoms with E-state index >= 15 is 0 Å². The summed E-state index contributed by atoms with van der Waals surface area (Å²) in [5.41, 5.74) is 0.401. The highest BCUT2D eigenvalue weighted by Gasteiger charge is 2.42. The van der Waals surface area contributed by atoms with Crippen LogP contribution in [0.4, 0.5) is 0 Å². The second-order valence-corrected chi connectivity index (χ2v) is 5.84. The third-order valence-corrected chi connectivity index (χ3v) is 4.45. The van der Waals surface area contributed by atoms with Crippen molar-refractivity contribution in [3.8, 4) is 0 Å². The second kappa shape index (κ2) is 6.57. The number of hydrogen-bond donors (Lipinski definition) is 1. The smallest absolute Gasteiger partial charge is 0.193 e. The third kappa shape index (κ3) is 3.60. The van der Waals surface area contributed by atoms with Crippen LogP contribution in [0.25, 0.3) is 0 Å². The summed E-state index contributed by atoms with van der Waals surface area (Å²) in [5, 5.41) is 3.48. The highest BCUT2D eigenvalue weighted by Crippen LogP contribution is 2.37. The van der Waals surface area contributed by atoms with Crippen molar-refractivity contribution in [2.45, 2.75) is 19.8 Å². The predicted octanol–water partition coefficient (Wildman–Crippen LogP) is 0.626. The Hall–Kier alpha value is -0.810. The number of likely N-dealkylation sites (N-methyl/N-ethyl adjacent to an activating group) is 1. The van der Waals surface area contributed by atoms with Gasteiger partial charge in [0.2, 0.25) is 0 Å². The number of nitrogens with one attached hydrogen (secondary N) is 1. The molecule has 2 aliphatic heterocycles. The van der Waals surface area contributed by atoms with Crippen LogP contribution in [0.2, 0.25) is 0 Å². The van der Waals surface area contributed by atoms with Crippen molar-refractivity contribution in [1.29, 1.82) is 0 Å². The summed E-state index contributed by atoms with van der Waals surface area (Å²) in [6.07, 6.45) is 2.45. The fourth-order valence-electron chi connectivity index (χ4n) is 2.94. The van der Waals surface area contributed by atoms with Gasteiger partial charge in [-0.3, -0.25) is 4.99 Å². The van der Waals surface area contributed by atoms with E-state index in [0.717, 1.165) is 51.9 Å². The summed E-state index contributed by atoms with van der Waals surface area (Å²) < 4.78 is 5.58. The van der Waals surface area contributed by atoms with E-state index in [2.05, 4.69) is 34.1 Å². The molecule has 5 nitrogen and oxygen atoms in total. The number of ether oxygens (including phenoxy) is 1. The maximum atomic E-state index is 5.58. The average Bonchev–Trinajstić information content (AvgIpc) is 3.05. The van der Waals surface area contributed by atoms with Gasteiger partial charge in [0, 0.05) is 45.2 Å². The van der Waals surface area contributed by atoms with E-state index in [-0.39, 0.29) is 0 Å². The van der Waals surface area contributed by atoms with Gasteiger partial charge >= 0.3 is 0 Å². The van der Waals surface area contributed by atoms with E-state index in [9.17, 15) is 0 Å². The van der Waals surface area contributed by atoms with Crippen LogP contribution in [-0.2, 0) is 4.74 Å². The second-order valence-electron chi connectivity index (χ2n) is 5.84. The Morgan fingerprint density at radius 3 is 2.95 bits per heavy atom. The molecule has 0 aromatic heterocycles. The van der Waals surface area contributed by atoms with Gasteiger partial charge in [0.15, 0.2) is 5.96 Å². The molecule has 19 heavy (non-hydrogen) atoms. The predicted molar refractivity (Wildman–Crippen MR) is 78.6 cm³/mol. The van der Waals surface area contributed by atoms with Gasteiger partial charge in [0.05, 0.1) is 6.61 Å². The fraction of sp³-hybridized carbons (Fsp3) is 0.929. The minimum absolute atomic E-state index is 0.401. The lowest BCUT2D eigenvalue weighted by atomic mass is 9.87. The first-order valence-electron chi connectivity index (χ1n) is 7.41. The zero-order chi connectivity index (χ0) is 13.7. The molecule has 1 atom stereocenters. The molecule has 5 heteroatoms. The van der Waals surface area contributed by atoms with Crippen molar-refractivity contribution in [2.24, 2.45) is 10.4 Å². The van der Waals surface area contributed by atoms with Gasteiger partial charge in [-0.1, -0.05) is 6.92 Å². The Balaban J connectivity index is 1.79. The Morgan fingerprint density at radius 1 is 1.47 bits per heavy atom. The topological polar surface area (TPSA) is 40.1 Å². The molecule has 0 aromatic carbocycles. The number of nitrogens with zero attached hydrogens (tertiary/aromatic N) is 3. The van der Waals surface area contributed by atoms with E-state index in [1.54, 1.807) is 0 Å². The number of hydrogen-bond acceptors (Lipinski definition) is 3. The normalized spacial score (nSPS) is 27.8. The van der Waals surface area contributed by atoms with Crippen LogP contribution in [0.3, 0.4) is 0 Å². The third-order valence-electron chi connectivity index (χ3n) is 4.45. The zero-order valence-corrected chi connectivity index (χ0v) is 12.6. The van der Waals surface area contributed by atoms with Crippen molar-refractivity contribution in [3.63, 3.8) is 0 Å². The average molecular weight is 268 g/mol. The first-order chi connectivity index (χ1) is 9.19. The summed E-state index contributed by atoms with van der Waals surface area (Å²) in [5.74, 6) is 1.05. The first-order valence-corrected chi connectivity index (χ1v) is 7.41. The standard InChI is InChI=1S/C14H28N4O/c1-4-17(3)9-7-16-13(15-2)18-8-5-14(11-18)6-10-19-12-14/h4-12H2,1-3H3,(H,15,16). The minimum Gasteiger partial charge on any atom is -0.381 e. The molecule has 0 aromatic rings. The molecule has 0 aliphatic carbocycles. The molecule has 1 spiro atoms. The molecule has 110 valence electrons. The molecule has 2 heterocycles. The van der Waals surface area contributed by atoms with Crippen LogP contribution < -0.4 is 5.32 Å². The van der Waals surface area contributed by atoms with Gasteiger partial charge in [-0.25, -0.2) is 0 Å². The van der Waals surface area contributed by atoms with E-state index in [1.165, 1.54) is 12.8 Å².